The number of hydrogen-bond acceptors (Lipinski definition) is 7. The molecule has 44 heavy (non-hydrogen) atoms. The third kappa shape index (κ3) is 4.50. The molecule has 10 heteroatoms. The van der Waals surface area contributed by atoms with Gasteiger partial charge in [-0.2, -0.15) is 4.58 Å². The van der Waals surface area contributed by atoms with E-state index in [9.17, 15) is 29.8 Å². The fraction of sp³-hybridized carbons (Fsp3) is 0.441. The molecule has 3 aromatic rings. The molecule has 0 amide bonds. The van der Waals surface area contributed by atoms with Gasteiger partial charge in [0.05, 0.1) is 31.7 Å². The van der Waals surface area contributed by atoms with Crippen LogP contribution in [-0.2, 0) is 10.8 Å². The summed E-state index contributed by atoms with van der Waals surface area (Å²) in [5.41, 5.74) is 2.22. The van der Waals surface area contributed by atoms with Crippen molar-refractivity contribution in [2.45, 2.75) is 76.7 Å². The highest BCUT2D eigenvalue weighted by atomic mass is 16.6. The van der Waals surface area contributed by atoms with Crippen molar-refractivity contribution in [3.8, 4) is 0 Å². The SMILES string of the molecule is CN1c2ccc([N+](=O)[O-])cc2C(C)(C)C1C=c1c(=O)c(=CC2=[N+](CC3CCCCC3)c3ccc([N+](=O)[O-])cc3C2(C)C)c1=O. The van der Waals surface area contributed by atoms with Crippen LogP contribution in [0.4, 0.5) is 22.7 Å². The summed E-state index contributed by atoms with van der Waals surface area (Å²) in [5.74, 6) is 0.454. The molecule has 1 aliphatic carbocycles. The molecule has 0 N–H and O–H groups in total. The summed E-state index contributed by atoms with van der Waals surface area (Å²) >= 11 is 0. The van der Waals surface area contributed by atoms with Crippen LogP contribution >= 0.6 is 0 Å². The zero-order valence-corrected chi connectivity index (χ0v) is 25.8. The molecule has 1 fully saturated rings. The zero-order chi connectivity index (χ0) is 31.7. The lowest BCUT2D eigenvalue weighted by Gasteiger charge is -2.29. The van der Waals surface area contributed by atoms with Crippen molar-refractivity contribution in [1.29, 1.82) is 0 Å². The van der Waals surface area contributed by atoms with Crippen LogP contribution in [0.1, 0.15) is 70.9 Å². The van der Waals surface area contributed by atoms with Crippen LogP contribution < -0.4 is 26.2 Å². The molecule has 0 saturated heterocycles. The second kappa shape index (κ2) is 10.3. The molecule has 2 heterocycles. The maximum atomic E-state index is 13.6. The third-order valence-electron chi connectivity index (χ3n) is 10.3. The summed E-state index contributed by atoms with van der Waals surface area (Å²) in [7, 11) is 1.86. The predicted octanol–water partition coefficient (Wildman–Crippen LogP) is 4.11. The van der Waals surface area contributed by atoms with Gasteiger partial charge in [-0.15, -0.1) is 0 Å². The van der Waals surface area contributed by atoms with Crippen molar-refractivity contribution < 1.29 is 14.4 Å². The van der Waals surface area contributed by atoms with Crippen LogP contribution in [0.3, 0.4) is 0 Å². The Bertz CT molecular complexity index is 1930. The van der Waals surface area contributed by atoms with Gasteiger partial charge in [-0.3, -0.25) is 29.8 Å². The van der Waals surface area contributed by atoms with E-state index in [4.69, 9.17) is 0 Å². The van der Waals surface area contributed by atoms with Gasteiger partial charge in [0.15, 0.2) is 12.3 Å². The van der Waals surface area contributed by atoms with Gasteiger partial charge in [0.25, 0.3) is 11.4 Å². The largest absolute Gasteiger partial charge is 0.367 e. The smallest absolute Gasteiger partial charge is 0.270 e. The topological polar surface area (TPSA) is 127 Å². The summed E-state index contributed by atoms with van der Waals surface area (Å²) in [5, 5.41) is 23.3. The summed E-state index contributed by atoms with van der Waals surface area (Å²) < 4.78 is 2.17. The summed E-state index contributed by atoms with van der Waals surface area (Å²) in [4.78, 5) is 51.4. The Morgan fingerprint density at radius 1 is 0.886 bits per heavy atom. The van der Waals surface area contributed by atoms with Crippen LogP contribution in [0.2, 0.25) is 0 Å². The number of benzene rings is 2. The minimum absolute atomic E-state index is 0.000132. The Kier molecular flexibility index (Phi) is 6.94. The molecule has 0 spiro atoms. The number of fused-ring (bicyclic) bond motifs is 2. The molecule has 10 nitrogen and oxygen atoms in total. The van der Waals surface area contributed by atoms with Gasteiger partial charge in [0, 0.05) is 66.0 Å². The van der Waals surface area contributed by atoms with E-state index < -0.39 is 20.7 Å². The van der Waals surface area contributed by atoms with E-state index in [0.717, 1.165) is 47.6 Å². The average molecular weight is 598 g/mol. The third-order valence-corrected chi connectivity index (χ3v) is 10.3. The number of non-ortho nitro benzene ring substituents is 2. The molecule has 0 aromatic heterocycles. The Labute approximate surface area is 254 Å². The van der Waals surface area contributed by atoms with E-state index in [1.807, 2.05) is 39.6 Å². The Morgan fingerprint density at radius 2 is 1.48 bits per heavy atom. The Morgan fingerprint density at radius 3 is 2.09 bits per heavy atom. The molecule has 2 aliphatic heterocycles. The van der Waals surface area contributed by atoms with Crippen LogP contribution in [0.5, 0.6) is 0 Å². The lowest BCUT2D eigenvalue weighted by atomic mass is 9.79. The highest BCUT2D eigenvalue weighted by molar-refractivity contribution is 6.15. The monoisotopic (exact) mass is 597 g/mol. The number of nitro benzene ring substituents is 2. The molecule has 3 aliphatic rings. The predicted molar refractivity (Wildman–Crippen MR) is 170 cm³/mol. The first-order valence-corrected chi connectivity index (χ1v) is 15.2. The van der Waals surface area contributed by atoms with Crippen molar-refractivity contribution in [1.82, 2.24) is 0 Å². The van der Waals surface area contributed by atoms with Crippen LogP contribution in [0.15, 0.2) is 46.0 Å². The van der Waals surface area contributed by atoms with Crippen molar-refractivity contribution in [2.24, 2.45) is 5.92 Å². The highest BCUT2D eigenvalue weighted by Gasteiger charge is 2.47. The molecular weight excluding hydrogens is 560 g/mol. The first-order chi connectivity index (χ1) is 20.7. The summed E-state index contributed by atoms with van der Waals surface area (Å²) in [6.07, 6.45) is 9.17. The lowest BCUT2D eigenvalue weighted by molar-refractivity contribution is -0.447. The van der Waals surface area contributed by atoms with E-state index in [0.29, 0.717) is 5.92 Å². The van der Waals surface area contributed by atoms with E-state index in [1.165, 1.54) is 31.4 Å². The van der Waals surface area contributed by atoms with E-state index >= 15 is 0 Å². The molecule has 1 saturated carbocycles. The number of anilines is 1. The molecule has 3 aromatic carbocycles. The first-order valence-electron chi connectivity index (χ1n) is 15.2. The normalized spacial score (nSPS) is 20.5. The Balaban J connectivity index is 1.45. The van der Waals surface area contributed by atoms with Gasteiger partial charge in [-0.1, -0.05) is 33.1 Å². The number of hydrogen-bond donors (Lipinski definition) is 0. The number of nitrogens with zero attached hydrogens (tertiary/aromatic N) is 4. The number of nitro groups is 2. The first kappa shape index (κ1) is 29.6. The second-order valence-electron chi connectivity index (χ2n) is 13.6. The molecule has 0 bridgehead atoms. The van der Waals surface area contributed by atoms with Crippen molar-refractivity contribution >= 4 is 40.6 Å². The van der Waals surface area contributed by atoms with Crippen molar-refractivity contribution in [2.75, 3.05) is 18.5 Å². The molecule has 1 atom stereocenters. The van der Waals surface area contributed by atoms with Gasteiger partial charge in [0.1, 0.15) is 0 Å². The fourth-order valence-electron chi connectivity index (χ4n) is 7.65. The highest BCUT2D eigenvalue weighted by Crippen LogP contribution is 2.46. The van der Waals surface area contributed by atoms with Crippen molar-refractivity contribution in [3.05, 3.63) is 98.6 Å². The minimum Gasteiger partial charge on any atom is -0.367 e. The van der Waals surface area contributed by atoms with Gasteiger partial charge in [-0.25, -0.2) is 0 Å². The van der Waals surface area contributed by atoms with Crippen LogP contribution in [-0.4, -0.2) is 39.8 Å². The summed E-state index contributed by atoms with van der Waals surface area (Å²) in [6.45, 7) is 8.62. The fourth-order valence-corrected chi connectivity index (χ4v) is 7.65. The molecular formula is C34H37N4O6+. The minimum atomic E-state index is -0.660. The lowest BCUT2D eigenvalue weighted by Crippen LogP contribution is -2.66. The van der Waals surface area contributed by atoms with Crippen LogP contribution in [0, 0.1) is 26.1 Å². The summed E-state index contributed by atoms with van der Waals surface area (Å²) in [6, 6.07) is 9.32. The standard InChI is InChI=1S/C34H37N4O6/c1-33(2)25-15-21(37(41)42)11-13-27(25)35(5)29(33)17-23-31(39)24(32(23)40)18-30-34(3,4)26-16-22(38(43)44)12-14-28(26)36(30)19-20-9-7-6-8-10-20/h11-18,20,29H,6-10,19H2,1-5H3/q+1. The quantitative estimate of drug-likeness (QED) is 0.238. The van der Waals surface area contributed by atoms with Crippen molar-refractivity contribution in [3.63, 3.8) is 0 Å². The van der Waals surface area contributed by atoms with Gasteiger partial charge >= 0.3 is 0 Å². The van der Waals surface area contributed by atoms with Gasteiger partial charge in [0.2, 0.25) is 16.5 Å². The zero-order valence-electron chi connectivity index (χ0n) is 25.8. The van der Waals surface area contributed by atoms with E-state index in [2.05, 4.69) is 4.58 Å². The van der Waals surface area contributed by atoms with Gasteiger partial charge < -0.3 is 4.90 Å². The number of rotatable bonds is 6. The molecule has 0 radical (unpaired) electrons. The van der Waals surface area contributed by atoms with E-state index in [-0.39, 0.29) is 38.7 Å². The Hall–Kier alpha value is -4.47. The molecule has 228 valence electrons. The number of likely N-dealkylation sites (N-methyl/N-ethyl adjacent to an activating group) is 1. The molecule has 1 unspecified atom stereocenters. The average Bonchev–Trinajstić information content (AvgIpc) is 3.31. The maximum absolute atomic E-state index is 13.6. The molecule has 6 rings (SSSR count). The van der Waals surface area contributed by atoms with Gasteiger partial charge in [-0.05, 0) is 44.4 Å². The van der Waals surface area contributed by atoms with E-state index in [1.54, 1.807) is 36.4 Å². The van der Waals surface area contributed by atoms with Crippen LogP contribution in [0.25, 0.3) is 12.2 Å². The second-order valence-corrected chi connectivity index (χ2v) is 13.6. The maximum Gasteiger partial charge on any atom is 0.270 e.